The van der Waals surface area contributed by atoms with Crippen LogP contribution in [0.2, 0.25) is 0 Å². The maximum atomic E-state index is 10.3. The number of hydrogen-bond acceptors (Lipinski definition) is 3. The first kappa shape index (κ1) is 19.3. The summed E-state index contributed by atoms with van der Waals surface area (Å²) in [5, 5.41) is 10.3. The van der Waals surface area contributed by atoms with Crippen LogP contribution in [0.4, 0.5) is 0 Å². The summed E-state index contributed by atoms with van der Waals surface area (Å²) in [6.07, 6.45) is 7.20. The fourth-order valence-corrected chi connectivity index (χ4v) is 3.45. The van der Waals surface area contributed by atoms with Crippen molar-refractivity contribution in [3.63, 3.8) is 0 Å². The summed E-state index contributed by atoms with van der Waals surface area (Å²) >= 11 is 0. The third-order valence-corrected chi connectivity index (χ3v) is 5.66. The number of hydrogen-bond donors (Lipinski definition) is 1. The van der Waals surface area contributed by atoms with E-state index in [1.54, 1.807) is 0 Å². The number of rotatable bonds is 8. The predicted molar refractivity (Wildman–Crippen MR) is 101 cm³/mol. The van der Waals surface area contributed by atoms with Gasteiger partial charge in [0.25, 0.3) is 0 Å². The van der Waals surface area contributed by atoms with Gasteiger partial charge in [-0.15, -0.1) is 0 Å². The van der Waals surface area contributed by atoms with Crippen LogP contribution in [0.15, 0.2) is 24.3 Å². The molecule has 24 heavy (non-hydrogen) atoms. The molecule has 0 saturated heterocycles. The Kier molecular flexibility index (Phi) is 7.12. The van der Waals surface area contributed by atoms with Crippen molar-refractivity contribution in [2.75, 3.05) is 20.2 Å². The van der Waals surface area contributed by atoms with E-state index in [9.17, 15) is 5.11 Å². The Morgan fingerprint density at radius 1 is 1.17 bits per heavy atom. The van der Waals surface area contributed by atoms with E-state index in [-0.39, 0.29) is 5.41 Å². The highest BCUT2D eigenvalue weighted by Gasteiger charge is 2.20. The standard InChI is InChI=1S/C21H35NO2/c1-5-21(2,3)17-11-13-20(14-12-17)24-16-19(23)15-22(4)18-9-7-6-8-10-18/h11-14,18-19,23H,5-10,15-16H2,1-4H3/t19-/m1/s1. The van der Waals surface area contributed by atoms with Crippen molar-refractivity contribution in [1.29, 1.82) is 0 Å². The van der Waals surface area contributed by atoms with Gasteiger partial charge < -0.3 is 14.7 Å². The van der Waals surface area contributed by atoms with Crippen LogP contribution in [0.1, 0.15) is 64.9 Å². The molecule has 1 N–H and O–H groups in total. The number of likely N-dealkylation sites (N-methyl/N-ethyl adjacent to an activating group) is 1. The Balaban J connectivity index is 1.77. The monoisotopic (exact) mass is 333 g/mol. The van der Waals surface area contributed by atoms with E-state index in [0.29, 0.717) is 19.2 Å². The molecule has 0 aromatic heterocycles. The molecule has 1 aromatic carbocycles. The molecule has 0 amide bonds. The van der Waals surface area contributed by atoms with Gasteiger partial charge in [0, 0.05) is 12.6 Å². The minimum atomic E-state index is -0.441. The predicted octanol–water partition coefficient (Wildman–Crippen LogP) is 4.38. The molecule has 1 atom stereocenters. The van der Waals surface area contributed by atoms with Crippen molar-refractivity contribution in [2.24, 2.45) is 0 Å². The van der Waals surface area contributed by atoms with Gasteiger partial charge in [-0.25, -0.2) is 0 Å². The second-order valence-corrected chi connectivity index (χ2v) is 7.96. The summed E-state index contributed by atoms with van der Waals surface area (Å²) < 4.78 is 5.78. The lowest BCUT2D eigenvalue weighted by Crippen LogP contribution is -2.40. The minimum absolute atomic E-state index is 0.195. The second-order valence-electron chi connectivity index (χ2n) is 7.96. The number of ether oxygens (including phenoxy) is 1. The molecule has 0 bridgehead atoms. The van der Waals surface area contributed by atoms with Crippen LogP contribution >= 0.6 is 0 Å². The van der Waals surface area contributed by atoms with Gasteiger partial charge in [0.05, 0.1) is 0 Å². The quantitative estimate of drug-likeness (QED) is 0.766. The van der Waals surface area contributed by atoms with Crippen LogP contribution in [-0.4, -0.2) is 42.4 Å². The maximum Gasteiger partial charge on any atom is 0.119 e. The molecule has 2 rings (SSSR count). The Morgan fingerprint density at radius 3 is 2.38 bits per heavy atom. The van der Waals surface area contributed by atoms with Crippen molar-refractivity contribution >= 4 is 0 Å². The second kappa shape index (κ2) is 8.87. The summed E-state index contributed by atoms with van der Waals surface area (Å²) in [6, 6.07) is 8.94. The van der Waals surface area contributed by atoms with Gasteiger partial charge in [-0.05, 0) is 49.4 Å². The zero-order valence-electron chi connectivity index (χ0n) is 15.9. The van der Waals surface area contributed by atoms with E-state index < -0.39 is 6.10 Å². The Labute approximate surface area is 148 Å². The normalized spacial score (nSPS) is 17.9. The van der Waals surface area contributed by atoms with E-state index >= 15 is 0 Å². The molecular formula is C21H35NO2. The fraction of sp³-hybridized carbons (Fsp3) is 0.714. The summed E-state index contributed by atoms with van der Waals surface area (Å²) in [5.74, 6) is 0.838. The Bertz CT molecular complexity index is 477. The van der Waals surface area contributed by atoms with E-state index in [1.165, 1.54) is 37.7 Å². The van der Waals surface area contributed by atoms with Gasteiger partial charge in [-0.1, -0.05) is 52.2 Å². The first-order valence-electron chi connectivity index (χ1n) is 9.54. The van der Waals surface area contributed by atoms with E-state index in [0.717, 1.165) is 12.2 Å². The summed E-state index contributed by atoms with van der Waals surface area (Å²) in [4.78, 5) is 2.31. The number of aliphatic hydroxyl groups excluding tert-OH is 1. The summed E-state index contributed by atoms with van der Waals surface area (Å²) in [7, 11) is 2.13. The molecule has 0 aliphatic heterocycles. The Morgan fingerprint density at radius 2 is 1.79 bits per heavy atom. The summed E-state index contributed by atoms with van der Waals surface area (Å²) in [6.45, 7) is 7.77. The SMILES string of the molecule is CCC(C)(C)c1ccc(OC[C@H](O)CN(C)C2CCCCC2)cc1. The molecule has 1 fully saturated rings. The molecule has 1 aromatic rings. The lowest BCUT2D eigenvalue weighted by molar-refractivity contribution is 0.0561. The third-order valence-electron chi connectivity index (χ3n) is 5.66. The van der Waals surface area contributed by atoms with Gasteiger partial charge in [-0.3, -0.25) is 0 Å². The van der Waals surface area contributed by atoms with Crippen LogP contribution in [-0.2, 0) is 5.41 Å². The smallest absolute Gasteiger partial charge is 0.119 e. The van der Waals surface area contributed by atoms with Crippen LogP contribution in [0.25, 0.3) is 0 Å². The molecule has 3 nitrogen and oxygen atoms in total. The van der Waals surface area contributed by atoms with E-state index in [4.69, 9.17) is 4.74 Å². The molecular weight excluding hydrogens is 298 g/mol. The highest BCUT2D eigenvalue weighted by molar-refractivity contribution is 5.31. The van der Waals surface area contributed by atoms with Crippen LogP contribution in [0.3, 0.4) is 0 Å². The zero-order valence-corrected chi connectivity index (χ0v) is 15.9. The van der Waals surface area contributed by atoms with Gasteiger partial charge in [0.2, 0.25) is 0 Å². The van der Waals surface area contributed by atoms with Gasteiger partial charge >= 0.3 is 0 Å². The first-order valence-corrected chi connectivity index (χ1v) is 9.54. The number of benzene rings is 1. The van der Waals surface area contributed by atoms with Crippen molar-refractivity contribution in [3.05, 3.63) is 29.8 Å². The average molecular weight is 334 g/mol. The fourth-order valence-electron chi connectivity index (χ4n) is 3.45. The van der Waals surface area contributed by atoms with E-state index in [1.807, 2.05) is 12.1 Å². The molecule has 1 aliphatic rings. The highest BCUT2D eigenvalue weighted by atomic mass is 16.5. The van der Waals surface area contributed by atoms with E-state index in [2.05, 4.69) is 44.9 Å². The molecule has 0 radical (unpaired) electrons. The van der Waals surface area contributed by atoms with Gasteiger partial charge in [-0.2, -0.15) is 0 Å². The lowest BCUT2D eigenvalue weighted by atomic mass is 9.82. The average Bonchev–Trinajstić information content (AvgIpc) is 2.61. The van der Waals surface area contributed by atoms with Crippen molar-refractivity contribution in [3.8, 4) is 5.75 Å². The van der Waals surface area contributed by atoms with Crippen molar-refractivity contribution in [2.45, 2.75) is 76.9 Å². The summed E-state index contributed by atoms with van der Waals surface area (Å²) in [5.41, 5.74) is 1.52. The van der Waals surface area contributed by atoms with Crippen LogP contribution in [0.5, 0.6) is 5.75 Å². The molecule has 0 heterocycles. The Hall–Kier alpha value is -1.06. The zero-order chi connectivity index (χ0) is 17.6. The molecule has 3 heteroatoms. The van der Waals surface area contributed by atoms with Gasteiger partial charge in [0.15, 0.2) is 0 Å². The maximum absolute atomic E-state index is 10.3. The number of aliphatic hydroxyl groups is 1. The third kappa shape index (κ3) is 5.49. The lowest BCUT2D eigenvalue weighted by Gasteiger charge is -2.32. The molecule has 136 valence electrons. The highest BCUT2D eigenvalue weighted by Crippen LogP contribution is 2.28. The van der Waals surface area contributed by atoms with Crippen LogP contribution < -0.4 is 4.74 Å². The van der Waals surface area contributed by atoms with Crippen molar-refractivity contribution < 1.29 is 9.84 Å². The minimum Gasteiger partial charge on any atom is -0.491 e. The largest absolute Gasteiger partial charge is 0.491 e. The molecule has 0 unspecified atom stereocenters. The molecule has 0 spiro atoms. The van der Waals surface area contributed by atoms with Crippen molar-refractivity contribution in [1.82, 2.24) is 4.90 Å². The van der Waals surface area contributed by atoms with Gasteiger partial charge in [0.1, 0.15) is 18.5 Å². The topological polar surface area (TPSA) is 32.7 Å². The van der Waals surface area contributed by atoms with Crippen LogP contribution in [0, 0.1) is 0 Å². The number of nitrogens with zero attached hydrogens (tertiary/aromatic N) is 1. The first-order chi connectivity index (χ1) is 11.4. The molecule has 1 aliphatic carbocycles. The molecule has 1 saturated carbocycles.